The topological polar surface area (TPSA) is 85.1 Å². The third-order valence-corrected chi connectivity index (χ3v) is 4.37. The maximum atomic E-state index is 12.7. The largest absolute Gasteiger partial charge is 0.398 e. The average molecular weight is 336 g/mol. The van der Waals surface area contributed by atoms with Gasteiger partial charge in [-0.2, -0.15) is 0 Å². The minimum Gasteiger partial charge on any atom is -0.398 e. The molecule has 0 spiro atoms. The minimum atomic E-state index is -4.05. The van der Waals surface area contributed by atoms with Crippen molar-refractivity contribution in [3.05, 3.63) is 46.3 Å². The van der Waals surface area contributed by atoms with Crippen LogP contribution < -0.4 is 10.5 Å². The highest BCUT2D eigenvalue weighted by atomic mass is 35.5. The Hall–Kier alpha value is -1.57. The monoisotopic (exact) mass is 335 g/mol. The van der Waals surface area contributed by atoms with Gasteiger partial charge in [0.1, 0.15) is 16.5 Å². The Morgan fingerprint density at radius 2 is 1.95 bits per heavy atom. The molecule has 3 N–H and O–H groups in total. The van der Waals surface area contributed by atoms with Gasteiger partial charge >= 0.3 is 0 Å². The number of halogens is 3. The van der Waals surface area contributed by atoms with E-state index in [0.717, 1.165) is 12.3 Å². The van der Waals surface area contributed by atoms with E-state index in [9.17, 15) is 12.8 Å². The molecule has 0 aliphatic rings. The third kappa shape index (κ3) is 3.12. The second kappa shape index (κ2) is 5.43. The molecule has 1 heterocycles. The van der Waals surface area contributed by atoms with E-state index in [1.54, 1.807) is 0 Å². The van der Waals surface area contributed by atoms with Crippen molar-refractivity contribution >= 4 is 44.7 Å². The van der Waals surface area contributed by atoms with Crippen LogP contribution >= 0.6 is 23.2 Å². The molecule has 20 heavy (non-hydrogen) atoms. The van der Waals surface area contributed by atoms with Crippen LogP contribution in [0, 0.1) is 5.82 Å². The highest BCUT2D eigenvalue weighted by Crippen LogP contribution is 2.32. The molecule has 2 aromatic rings. The van der Waals surface area contributed by atoms with Crippen molar-refractivity contribution in [3.63, 3.8) is 0 Å². The van der Waals surface area contributed by atoms with Crippen molar-refractivity contribution < 1.29 is 12.8 Å². The standard InChI is InChI=1S/C11H8Cl2FN3O2S/c12-6-3-8(13)11(9(15)4-6)20(18,19)17-10-2-1-7(14)5-16-10/h1-5H,15H2,(H,16,17). The van der Waals surface area contributed by atoms with Gasteiger partial charge in [-0.15, -0.1) is 0 Å². The van der Waals surface area contributed by atoms with Crippen LogP contribution in [0.5, 0.6) is 0 Å². The molecule has 0 aliphatic heterocycles. The van der Waals surface area contributed by atoms with Gasteiger partial charge in [0.15, 0.2) is 0 Å². The Labute approximate surface area is 124 Å². The SMILES string of the molecule is Nc1cc(Cl)cc(Cl)c1S(=O)(=O)Nc1ccc(F)cn1. The average Bonchev–Trinajstić information content (AvgIpc) is 2.30. The Morgan fingerprint density at radius 3 is 2.50 bits per heavy atom. The van der Waals surface area contributed by atoms with Crippen molar-refractivity contribution in [2.45, 2.75) is 4.90 Å². The lowest BCUT2D eigenvalue weighted by Gasteiger charge is -2.11. The minimum absolute atomic E-state index is 0.0585. The lowest BCUT2D eigenvalue weighted by atomic mass is 10.3. The first-order valence-electron chi connectivity index (χ1n) is 5.18. The van der Waals surface area contributed by atoms with Gasteiger partial charge in [0.2, 0.25) is 0 Å². The summed E-state index contributed by atoms with van der Waals surface area (Å²) >= 11 is 11.6. The Bertz CT molecular complexity index is 728. The van der Waals surface area contributed by atoms with Gasteiger partial charge in [0.25, 0.3) is 10.0 Å². The summed E-state index contributed by atoms with van der Waals surface area (Å²) in [5.74, 6) is -0.645. The molecular weight excluding hydrogens is 328 g/mol. The predicted molar refractivity (Wildman–Crippen MR) is 75.9 cm³/mol. The zero-order chi connectivity index (χ0) is 14.9. The fourth-order valence-corrected chi connectivity index (χ4v) is 3.49. The van der Waals surface area contributed by atoms with Crippen molar-refractivity contribution in [2.75, 3.05) is 10.5 Å². The van der Waals surface area contributed by atoms with Crippen molar-refractivity contribution in [2.24, 2.45) is 0 Å². The smallest absolute Gasteiger partial charge is 0.266 e. The molecule has 0 atom stereocenters. The lowest BCUT2D eigenvalue weighted by molar-refractivity contribution is 0.601. The van der Waals surface area contributed by atoms with Crippen LogP contribution in [-0.2, 0) is 10.0 Å². The van der Waals surface area contributed by atoms with Gasteiger partial charge < -0.3 is 5.73 Å². The summed E-state index contributed by atoms with van der Waals surface area (Å²) in [6, 6.07) is 4.76. The van der Waals surface area contributed by atoms with Gasteiger partial charge in [-0.25, -0.2) is 17.8 Å². The fourth-order valence-electron chi connectivity index (χ4n) is 1.49. The van der Waals surface area contributed by atoms with Crippen molar-refractivity contribution in [1.82, 2.24) is 4.98 Å². The number of hydrogen-bond donors (Lipinski definition) is 2. The van der Waals surface area contributed by atoms with E-state index < -0.39 is 15.8 Å². The highest BCUT2D eigenvalue weighted by Gasteiger charge is 2.22. The first-order valence-corrected chi connectivity index (χ1v) is 7.42. The summed E-state index contributed by atoms with van der Waals surface area (Å²) in [7, 11) is -4.05. The lowest BCUT2D eigenvalue weighted by Crippen LogP contribution is -2.16. The Morgan fingerprint density at radius 1 is 1.25 bits per heavy atom. The number of hydrogen-bond acceptors (Lipinski definition) is 4. The molecule has 0 saturated carbocycles. The number of benzene rings is 1. The van der Waals surface area contributed by atoms with E-state index in [1.165, 1.54) is 18.2 Å². The molecule has 0 amide bonds. The molecule has 0 saturated heterocycles. The van der Waals surface area contributed by atoms with E-state index in [4.69, 9.17) is 28.9 Å². The maximum Gasteiger partial charge on any atom is 0.266 e. The van der Waals surface area contributed by atoms with Gasteiger partial charge in [-0.3, -0.25) is 4.72 Å². The molecule has 1 aromatic heterocycles. The molecule has 0 bridgehead atoms. The number of anilines is 2. The Balaban J connectivity index is 2.43. The summed E-state index contributed by atoms with van der Waals surface area (Å²) in [6.07, 6.45) is 0.880. The molecule has 5 nitrogen and oxygen atoms in total. The number of sulfonamides is 1. The molecule has 0 unspecified atom stereocenters. The first kappa shape index (κ1) is 14.8. The molecule has 1 aromatic carbocycles. The van der Waals surface area contributed by atoms with E-state index in [2.05, 4.69) is 9.71 Å². The van der Waals surface area contributed by atoms with Crippen molar-refractivity contribution in [3.8, 4) is 0 Å². The predicted octanol–water partition coefficient (Wildman–Crippen LogP) is 2.91. The van der Waals surface area contributed by atoms with Gasteiger partial charge in [-0.05, 0) is 24.3 Å². The summed E-state index contributed by atoms with van der Waals surface area (Å²) in [5.41, 5.74) is 5.52. The molecule has 0 fully saturated rings. The van der Waals surface area contributed by atoms with Crippen LogP contribution in [0.1, 0.15) is 0 Å². The van der Waals surface area contributed by atoms with Crippen LogP contribution in [0.15, 0.2) is 35.4 Å². The number of pyridine rings is 1. The quantitative estimate of drug-likeness (QED) is 0.844. The van der Waals surface area contributed by atoms with Gasteiger partial charge in [0, 0.05) is 5.02 Å². The van der Waals surface area contributed by atoms with Gasteiger partial charge in [-0.1, -0.05) is 23.2 Å². The van der Waals surface area contributed by atoms with E-state index in [-0.39, 0.29) is 26.4 Å². The number of aromatic nitrogens is 1. The highest BCUT2D eigenvalue weighted by molar-refractivity contribution is 7.93. The third-order valence-electron chi connectivity index (χ3n) is 2.27. The van der Waals surface area contributed by atoms with Crippen LogP contribution in [0.2, 0.25) is 10.0 Å². The Kier molecular flexibility index (Phi) is 4.03. The first-order chi connectivity index (χ1) is 9.29. The van der Waals surface area contributed by atoms with Crippen molar-refractivity contribution in [1.29, 1.82) is 0 Å². The molecule has 9 heteroatoms. The molecule has 106 valence electrons. The number of nitrogens with zero attached hydrogens (tertiary/aromatic N) is 1. The number of nitrogens with two attached hydrogens (primary N) is 1. The normalized spacial score (nSPS) is 11.3. The number of rotatable bonds is 3. The number of nitrogen functional groups attached to an aromatic ring is 1. The number of nitrogens with one attached hydrogen (secondary N) is 1. The van der Waals surface area contributed by atoms with E-state index >= 15 is 0 Å². The molecule has 0 aliphatic carbocycles. The van der Waals surface area contributed by atoms with Crippen LogP contribution in [0.25, 0.3) is 0 Å². The summed E-state index contributed by atoms with van der Waals surface area (Å²) < 4.78 is 39.2. The fraction of sp³-hybridized carbons (Fsp3) is 0. The molecule has 0 radical (unpaired) electrons. The maximum absolute atomic E-state index is 12.7. The van der Waals surface area contributed by atoms with E-state index in [0.29, 0.717) is 0 Å². The molecule has 2 rings (SSSR count). The van der Waals surface area contributed by atoms with Crippen LogP contribution in [0.3, 0.4) is 0 Å². The zero-order valence-electron chi connectivity index (χ0n) is 9.77. The van der Waals surface area contributed by atoms with Crippen LogP contribution in [0.4, 0.5) is 15.9 Å². The van der Waals surface area contributed by atoms with E-state index in [1.807, 2.05) is 0 Å². The molecular formula is C11H8Cl2FN3O2S. The summed E-state index contributed by atoms with van der Waals surface area (Å²) in [4.78, 5) is 3.28. The summed E-state index contributed by atoms with van der Waals surface area (Å²) in [6.45, 7) is 0. The van der Waals surface area contributed by atoms with Gasteiger partial charge in [0.05, 0.1) is 16.9 Å². The second-order valence-corrected chi connectivity index (χ2v) is 6.24. The zero-order valence-corrected chi connectivity index (χ0v) is 12.1. The van der Waals surface area contributed by atoms with Crippen LogP contribution in [-0.4, -0.2) is 13.4 Å². The summed E-state index contributed by atoms with van der Waals surface area (Å²) in [5, 5.41) is 0.0935. The second-order valence-electron chi connectivity index (χ2n) is 3.77.